The van der Waals surface area contributed by atoms with Crippen molar-refractivity contribution in [3.05, 3.63) is 28.7 Å². The van der Waals surface area contributed by atoms with Gasteiger partial charge in [0.25, 0.3) is 5.56 Å². The molecule has 1 fully saturated rings. The van der Waals surface area contributed by atoms with Gasteiger partial charge >= 0.3 is 0 Å². The van der Waals surface area contributed by atoms with Crippen molar-refractivity contribution in [1.82, 2.24) is 9.88 Å². The largest absolute Gasteiger partial charge is 0.398 e. The highest BCUT2D eigenvalue weighted by Crippen LogP contribution is 2.23. The fourth-order valence-corrected chi connectivity index (χ4v) is 2.46. The number of nitrogens with two attached hydrogens (primary N) is 1. The second kappa shape index (κ2) is 5.66. The Labute approximate surface area is 117 Å². The van der Waals surface area contributed by atoms with Crippen LogP contribution in [0.5, 0.6) is 0 Å². The molecule has 1 aliphatic rings. The lowest BCUT2D eigenvalue weighted by molar-refractivity contribution is -0.124. The number of ether oxygens (including phenoxy) is 1. The van der Waals surface area contributed by atoms with Crippen LogP contribution in [-0.2, 0) is 16.1 Å². The number of rotatable bonds is 3. The van der Waals surface area contributed by atoms with E-state index in [1.807, 2.05) is 13.8 Å². The number of hydrogen-bond donors (Lipinski definition) is 2. The van der Waals surface area contributed by atoms with E-state index in [1.165, 1.54) is 22.9 Å². The summed E-state index contributed by atoms with van der Waals surface area (Å²) in [5, 5.41) is 2.95. The Kier molecular flexibility index (Phi) is 4.13. The van der Waals surface area contributed by atoms with Crippen LogP contribution in [0.15, 0.2) is 23.1 Å². The quantitative estimate of drug-likeness (QED) is 0.844. The van der Waals surface area contributed by atoms with Crippen LogP contribution in [0.1, 0.15) is 26.7 Å². The monoisotopic (exact) mass is 279 g/mol. The molecule has 0 bridgehead atoms. The summed E-state index contributed by atoms with van der Waals surface area (Å²) in [7, 11) is 0. The van der Waals surface area contributed by atoms with E-state index in [0.717, 1.165) is 12.8 Å². The molecule has 1 unspecified atom stereocenters. The molecule has 0 saturated carbocycles. The van der Waals surface area contributed by atoms with Crippen molar-refractivity contribution in [2.45, 2.75) is 44.9 Å². The first-order chi connectivity index (χ1) is 9.35. The predicted molar refractivity (Wildman–Crippen MR) is 76.3 cm³/mol. The normalized spacial score (nSPS) is 21.4. The topological polar surface area (TPSA) is 86.4 Å². The minimum Gasteiger partial charge on any atom is -0.398 e. The summed E-state index contributed by atoms with van der Waals surface area (Å²) in [6, 6.07) is 2.97. The van der Waals surface area contributed by atoms with E-state index in [0.29, 0.717) is 12.3 Å². The number of nitrogens with zero attached hydrogens (tertiary/aromatic N) is 1. The number of carbonyl (C=O) groups excluding carboxylic acids is 1. The van der Waals surface area contributed by atoms with E-state index in [-0.39, 0.29) is 29.7 Å². The molecule has 1 aromatic heterocycles. The van der Waals surface area contributed by atoms with Crippen molar-refractivity contribution in [3.8, 4) is 0 Å². The Morgan fingerprint density at radius 3 is 3.00 bits per heavy atom. The third-order valence-electron chi connectivity index (χ3n) is 3.38. The third kappa shape index (κ3) is 3.84. The Hall–Kier alpha value is -1.82. The summed E-state index contributed by atoms with van der Waals surface area (Å²) in [5.41, 5.74) is 5.63. The van der Waals surface area contributed by atoms with Crippen LogP contribution in [0.2, 0.25) is 0 Å². The van der Waals surface area contributed by atoms with Crippen molar-refractivity contribution in [1.29, 1.82) is 0 Å². The van der Waals surface area contributed by atoms with E-state index < -0.39 is 0 Å². The van der Waals surface area contributed by atoms with Gasteiger partial charge in [-0.1, -0.05) is 0 Å². The van der Waals surface area contributed by atoms with Crippen LogP contribution in [0.3, 0.4) is 0 Å². The van der Waals surface area contributed by atoms with Crippen LogP contribution in [0.4, 0.5) is 5.69 Å². The van der Waals surface area contributed by atoms with Crippen LogP contribution >= 0.6 is 0 Å². The summed E-state index contributed by atoms with van der Waals surface area (Å²) in [6.07, 6.45) is 3.04. The van der Waals surface area contributed by atoms with Crippen molar-refractivity contribution < 1.29 is 9.53 Å². The first kappa shape index (κ1) is 14.6. The molecule has 3 N–H and O–H groups in total. The third-order valence-corrected chi connectivity index (χ3v) is 3.38. The Morgan fingerprint density at radius 1 is 1.55 bits per heavy atom. The SMILES string of the molecule is CC1(C)CC(NC(=O)Cn2cc(N)ccc2=O)CCO1. The van der Waals surface area contributed by atoms with E-state index in [1.54, 1.807) is 0 Å². The Balaban J connectivity index is 1.95. The predicted octanol–water partition coefficient (Wildman–Crippen LogP) is 0.504. The van der Waals surface area contributed by atoms with Crippen molar-refractivity contribution in [2.75, 3.05) is 12.3 Å². The molecule has 2 rings (SSSR count). The number of carbonyl (C=O) groups is 1. The fraction of sp³-hybridized carbons (Fsp3) is 0.571. The standard InChI is InChI=1S/C14H21N3O3/c1-14(2)7-11(5-6-20-14)16-12(18)9-17-8-10(15)3-4-13(17)19/h3-4,8,11H,5-7,9,15H2,1-2H3,(H,16,18). The fourth-order valence-electron chi connectivity index (χ4n) is 2.46. The number of amides is 1. The van der Waals surface area contributed by atoms with Gasteiger partial charge in [0.2, 0.25) is 5.91 Å². The summed E-state index contributed by atoms with van der Waals surface area (Å²) >= 11 is 0. The second-order valence-corrected chi connectivity index (χ2v) is 5.79. The van der Waals surface area contributed by atoms with Crippen LogP contribution in [-0.4, -0.2) is 28.7 Å². The number of pyridine rings is 1. The van der Waals surface area contributed by atoms with Gasteiger partial charge in [-0.05, 0) is 32.8 Å². The van der Waals surface area contributed by atoms with E-state index >= 15 is 0 Å². The first-order valence-corrected chi connectivity index (χ1v) is 6.75. The lowest BCUT2D eigenvalue weighted by atomic mass is 9.94. The molecule has 1 atom stereocenters. The molecule has 6 heteroatoms. The van der Waals surface area contributed by atoms with Crippen LogP contribution in [0.25, 0.3) is 0 Å². The molecule has 0 radical (unpaired) electrons. The molecule has 6 nitrogen and oxygen atoms in total. The maximum Gasteiger partial charge on any atom is 0.251 e. The average molecular weight is 279 g/mol. The molecule has 1 aliphatic heterocycles. The molecule has 1 saturated heterocycles. The summed E-state index contributed by atoms with van der Waals surface area (Å²) in [5.74, 6) is -0.180. The number of aromatic nitrogens is 1. The average Bonchev–Trinajstić information content (AvgIpc) is 2.32. The molecule has 0 aliphatic carbocycles. The zero-order chi connectivity index (χ0) is 14.8. The Bertz CT molecular complexity index is 551. The molecule has 0 aromatic carbocycles. The molecular formula is C14H21N3O3. The number of nitrogen functional groups attached to an aromatic ring is 1. The second-order valence-electron chi connectivity index (χ2n) is 5.79. The highest BCUT2D eigenvalue weighted by Gasteiger charge is 2.29. The van der Waals surface area contributed by atoms with E-state index in [2.05, 4.69) is 5.32 Å². The van der Waals surface area contributed by atoms with Crippen molar-refractivity contribution in [3.63, 3.8) is 0 Å². The number of nitrogens with one attached hydrogen (secondary N) is 1. The van der Waals surface area contributed by atoms with Crippen molar-refractivity contribution >= 4 is 11.6 Å². The van der Waals surface area contributed by atoms with Crippen LogP contribution in [0, 0.1) is 0 Å². The maximum absolute atomic E-state index is 12.0. The number of anilines is 1. The minimum atomic E-state index is -0.235. The molecule has 1 amide bonds. The lowest BCUT2D eigenvalue weighted by Crippen LogP contribution is -2.47. The zero-order valence-corrected chi connectivity index (χ0v) is 11.9. The van der Waals surface area contributed by atoms with E-state index in [9.17, 15) is 9.59 Å². The molecule has 1 aromatic rings. The van der Waals surface area contributed by atoms with Crippen LogP contribution < -0.4 is 16.6 Å². The summed E-state index contributed by atoms with van der Waals surface area (Å²) in [4.78, 5) is 23.6. The molecule has 2 heterocycles. The summed E-state index contributed by atoms with van der Waals surface area (Å²) < 4.78 is 6.92. The molecule has 20 heavy (non-hydrogen) atoms. The minimum absolute atomic E-state index is 0.0122. The Morgan fingerprint density at radius 2 is 2.30 bits per heavy atom. The zero-order valence-electron chi connectivity index (χ0n) is 11.9. The van der Waals surface area contributed by atoms with Gasteiger partial charge in [-0.2, -0.15) is 0 Å². The lowest BCUT2D eigenvalue weighted by Gasteiger charge is -2.35. The highest BCUT2D eigenvalue weighted by atomic mass is 16.5. The molecular weight excluding hydrogens is 258 g/mol. The van der Waals surface area contributed by atoms with Gasteiger partial charge in [0.05, 0.1) is 5.60 Å². The van der Waals surface area contributed by atoms with Gasteiger partial charge < -0.3 is 20.4 Å². The highest BCUT2D eigenvalue weighted by molar-refractivity contribution is 5.76. The maximum atomic E-state index is 12.0. The van der Waals surface area contributed by atoms with E-state index in [4.69, 9.17) is 10.5 Å². The smallest absolute Gasteiger partial charge is 0.251 e. The van der Waals surface area contributed by atoms with Gasteiger partial charge in [0.15, 0.2) is 0 Å². The van der Waals surface area contributed by atoms with Gasteiger partial charge in [0.1, 0.15) is 6.54 Å². The first-order valence-electron chi connectivity index (χ1n) is 6.75. The van der Waals surface area contributed by atoms with Gasteiger partial charge in [-0.3, -0.25) is 9.59 Å². The summed E-state index contributed by atoms with van der Waals surface area (Å²) in [6.45, 7) is 4.64. The van der Waals surface area contributed by atoms with Gasteiger partial charge in [0, 0.05) is 30.6 Å². The van der Waals surface area contributed by atoms with Crippen molar-refractivity contribution in [2.24, 2.45) is 0 Å². The van der Waals surface area contributed by atoms with Gasteiger partial charge in [-0.15, -0.1) is 0 Å². The van der Waals surface area contributed by atoms with Gasteiger partial charge in [-0.25, -0.2) is 0 Å². The number of hydrogen-bond acceptors (Lipinski definition) is 4. The molecule has 110 valence electrons. The molecule has 0 spiro atoms.